The molecule has 0 aliphatic carbocycles. The van der Waals surface area contributed by atoms with Gasteiger partial charge in [-0.2, -0.15) is 0 Å². The van der Waals surface area contributed by atoms with Crippen molar-refractivity contribution in [1.29, 1.82) is 0 Å². The Bertz CT molecular complexity index is 113. The van der Waals surface area contributed by atoms with Crippen LogP contribution >= 0.6 is 0 Å². The fraction of sp³-hybridized carbons (Fsp3) is 0.818. The summed E-state index contributed by atoms with van der Waals surface area (Å²) in [7, 11) is 0. The van der Waals surface area contributed by atoms with E-state index in [0.29, 0.717) is 19.8 Å². The first-order chi connectivity index (χ1) is 5.66. The second-order valence-electron chi connectivity index (χ2n) is 2.82. The van der Waals surface area contributed by atoms with E-state index in [-0.39, 0.29) is 21.0 Å². The highest BCUT2D eigenvalue weighted by atomic mass is 16.5. The lowest BCUT2D eigenvalue weighted by molar-refractivity contribution is -0.0320. The van der Waals surface area contributed by atoms with E-state index in [2.05, 4.69) is 6.58 Å². The maximum atomic E-state index is 8.89. The third-order valence-corrected chi connectivity index (χ3v) is 1.21. The van der Waals surface area contributed by atoms with Crippen LogP contribution in [-0.4, -0.2) is 37.1 Å². The third kappa shape index (κ3) is 14.2. The predicted molar refractivity (Wildman–Crippen MR) is 61.6 cm³/mol. The van der Waals surface area contributed by atoms with Gasteiger partial charge in [0.15, 0.2) is 0 Å². The predicted octanol–water partition coefficient (Wildman–Crippen LogP) is 2.25. The van der Waals surface area contributed by atoms with Crippen molar-refractivity contribution in [3.63, 3.8) is 0 Å². The van der Waals surface area contributed by atoms with Crippen LogP contribution in [0.4, 0.5) is 0 Å². The Morgan fingerprint density at radius 3 is 2.29 bits per heavy atom. The van der Waals surface area contributed by atoms with Gasteiger partial charge in [-0.1, -0.05) is 20.9 Å². The van der Waals surface area contributed by atoms with Crippen LogP contribution in [0.5, 0.6) is 0 Å². The molecular formula is C11H26O3. The number of aliphatic hydroxyl groups is 1. The molecule has 0 fully saturated rings. The first-order valence-corrected chi connectivity index (χ1v) is 4.15. The molecule has 0 spiro atoms. The van der Waals surface area contributed by atoms with Gasteiger partial charge < -0.3 is 14.6 Å². The van der Waals surface area contributed by atoms with Crippen LogP contribution in [-0.2, 0) is 9.47 Å². The molecule has 0 aromatic carbocycles. The molecule has 0 bridgehead atoms. The summed E-state index contributed by atoms with van der Waals surface area (Å²) in [6, 6.07) is 0. The quantitative estimate of drug-likeness (QED) is 0.513. The summed E-state index contributed by atoms with van der Waals surface area (Å²) < 4.78 is 10.4. The normalized spacial score (nSPS) is 13.4. The van der Waals surface area contributed by atoms with Crippen molar-refractivity contribution in [2.24, 2.45) is 0 Å². The van der Waals surface area contributed by atoms with E-state index in [4.69, 9.17) is 14.6 Å². The lowest BCUT2D eigenvalue weighted by atomic mass is 10.4. The highest BCUT2D eigenvalue weighted by Crippen LogP contribution is 1.93. The Morgan fingerprint density at radius 2 is 1.86 bits per heavy atom. The molecule has 0 rings (SSSR count). The van der Waals surface area contributed by atoms with Gasteiger partial charge in [-0.3, -0.25) is 0 Å². The van der Waals surface area contributed by atoms with E-state index in [0.717, 1.165) is 0 Å². The van der Waals surface area contributed by atoms with E-state index >= 15 is 0 Å². The van der Waals surface area contributed by atoms with Gasteiger partial charge in [-0.25, -0.2) is 0 Å². The third-order valence-electron chi connectivity index (χ3n) is 1.21. The summed E-state index contributed by atoms with van der Waals surface area (Å²) in [5.41, 5.74) is 0. The van der Waals surface area contributed by atoms with Gasteiger partial charge in [-0.15, -0.1) is 6.58 Å². The SMILES string of the molecule is C.C.C=CCOCC(C)OCC(C)O. The summed E-state index contributed by atoms with van der Waals surface area (Å²) in [6.45, 7) is 8.57. The summed E-state index contributed by atoms with van der Waals surface area (Å²) in [6.07, 6.45) is 1.31. The molecule has 0 aliphatic heterocycles. The minimum Gasteiger partial charge on any atom is -0.391 e. The van der Waals surface area contributed by atoms with Crippen molar-refractivity contribution in [3.8, 4) is 0 Å². The van der Waals surface area contributed by atoms with Gasteiger partial charge in [0.05, 0.1) is 32.0 Å². The van der Waals surface area contributed by atoms with Crippen LogP contribution in [0.25, 0.3) is 0 Å². The van der Waals surface area contributed by atoms with E-state index in [1.54, 1.807) is 13.0 Å². The van der Waals surface area contributed by atoms with E-state index in [9.17, 15) is 0 Å². The van der Waals surface area contributed by atoms with E-state index in [1.165, 1.54) is 0 Å². The Hall–Kier alpha value is -0.380. The molecule has 3 heteroatoms. The summed E-state index contributed by atoms with van der Waals surface area (Å²) >= 11 is 0. The lowest BCUT2D eigenvalue weighted by Crippen LogP contribution is -2.21. The molecular weight excluding hydrogens is 180 g/mol. The molecule has 0 amide bonds. The zero-order chi connectivity index (χ0) is 9.40. The smallest absolute Gasteiger partial charge is 0.0781 e. The molecule has 0 radical (unpaired) electrons. The first-order valence-electron chi connectivity index (χ1n) is 4.15. The van der Waals surface area contributed by atoms with Crippen LogP contribution in [0.15, 0.2) is 12.7 Å². The topological polar surface area (TPSA) is 38.7 Å². The van der Waals surface area contributed by atoms with Crippen molar-refractivity contribution in [2.75, 3.05) is 19.8 Å². The highest BCUT2D eigenvalue weighted by molar-refractivity contribution is 4.64. The maximum Gasteiger partial charge on any atom is 0.0781 e. The standard InChI is InChI=1S/C9H18O3.2CH4/c1-4-5-11-7-9(3)12-6-8(2)10;;/h4,8-10H,1,5-7H2,2-3H3;2*1H4. The van der Waals surface area contributed by atoms with E-state index < -0.39 is 6.10 Å². The molecule has 14 heavy (non-hydrogen) atoms. The summed E-state index contributed by atoms with van der Waals surface area (Å²) in [5.74, 6) is 0. The second-order valence-corrected chi connectivity index (χ2v) is 2.82. The van der Waals surface area contributed by atoms with Crippen LogP contribution in [0, 0.1) is 0 Å². The van der Waals surface area contributed by atoms with Crippen LogP contribution in [0.2, 0.25) is 0 Å². The maximum absolute atomic E-state index is 8.89. The molecule has 0 aromatic rings. The molecule has 1 N–H and O–H groups in total. The van der Waals surface area contributed by atoms with Crippen molar-refractivity contribution in [1.82, 2.24) is 0 Å². The Kier molecular flexibility index (Phi) is 17.3. The van der Waals surface area contributed by atoms with Crippen molar-refractivity contribution in [3.05, 3.63) is 12.7 Å². The summed E-state index contributed by atoms with van der Waals surface area (Å²) in [5, 5.41) is 8.89. The Morgan fingerprint density at radius 1 is 1.29 bits per heavy atom. The molecule has 0 saturated heterocycles. The van der Waals surface area contributed by atoms with Gasteiger partial charge in [0.25, 0.3) is 0 Å². The minimum atomic E-state index is -0.410. The van der Waals surface area contributed by atoms with Crippen molar-refractivity contribution >= 4 is 0 Å². The molecule has 3 nitrogen and oxygen atoms in total. The monoisotopic (exact) mass is 206 g/mol. The largest absolute Gasteiger partial charge is 0.391 e. The van der Waals surface area contributed by atoms with Gasteiger partial charge >= 0.3 is 0 Å². The molecule has 0 saturated carbocycles. The number of rotatable bonds is 7. The highest BCUT2D eigenvalue weighted by Gasteiger charge is 2.03. The summed E-state index contributed by atoms with van der Waals surface area (Å²) in [4.78, 5) is 0. The van der Waals surface area contributed by atoms with Crippen LogP contribution in [0.3, 0.4) is 0 Å². The number of ether oxygens (including phenoxy) is 2. The van der Waals surface area contributed by atoms with Crippen LogP contribution in [0.1, 0.15) is 28.7 Å². The fourth-order valence-corrected chi connectivity index (χ4v) is 0.669. The second kappa shape index (κ2) is 12.6. The molecule has 0 heterocycles. The van der Waals surface area contributed by atoms with Crippen molar-refractivity contribution < 1.29 is 14.6 Å². The van der Waals surface area contributed by atoms with Gasteiger partial charge in [0.2, 0.25) is 0 Å². The molecule has 2 atom stereocenters. The fourth-order valence-electron chi connectivity index (χ4n) is 0.669. The molecule has 88 valence electrons. The molecule has 0 aliphatic rings. The van der Waals surface area contributed by atoms with E-state index in [1.807, 2.05) is 6.92 Å². The zero-order valence-electron chi connectivity index (χ0n) is 7.82. The Labute approximate surface area is 88.7 Å². The number of hydrogen-bond donors (Lipinski definition) is 1. The Balaban J connectivity index is -0.000000605. The van der Waals surface area contributed by atoms with Gasteiger partial charge in [0.1, 0.15) is 0 Å². The average Bonchev–Trinajstić information content (AvgIpc) is 2.01. The number of hydrogen-bond acceptors (Lipinski definition) is 3. The van der Waals surface area contributed by atoms with Crippen molar-refractivity contribution in [2.45, 2.75) is 40.9 Å². The van der Waals surface area contributed by atoms with Crippen LogP contribution < -0.4 is 0 Å². The number of aliphatic hydroxyl groups excluding tert-OH is 1. The average molecular weight is 206 g/mol. The van der Waals surface area contributed by atoms with Gasteiger partial charge in [0, 0.05) is 0 Å². The molecule has 0 aromatic heterocycles. The lowest BCUT2D eigenvalue weighted by Gasteiger charge is -2.13. The first kappa shape index (κ1) is 19.2. The minimum absolute atomic E-state index is 0. The molecule has 2 unspecified atom stereocenters. The van der Waals surface area contributed by atoms with Gasteiger partial charge in [-0.05, 0) is 13.8 Å². The zero-order valence-corrected chi connectivity index (χ0v) is 7.82.